The fourth-order valence-corrected chi connectivity index (χ4v) is 2.09. The zero-order valence-electron chi connectivity index (χ0n) is 9.36. The van der Waals surface area contributed by atoms with Crippen LogP contribution in [0, 0.1) is 6.92 Å². The SMILES string of the molecule is Cc1cc(Cl)cc2c1OC(C)(C)CCN2. The third-order valence-electron chi connectivity index (χ3n) is 2.66. The molecule has 2 rings (SSSR count). The number of benzene rings is 1. The number of halogens is 1. The van der Waals surface area contributed by atoms with E-state index < -0.39 is 0 Å². The van der Waals surface area contributed by atoms with Crippen molar-refractivity contribution < 1.29 is 4.74 Å². The van der Waals surface area contributed by atoms with E-state index >= 15 is 0 Å². The molecule has 1 heterocycles. The van der Waals surface area contributed by atoms with Crippen molar-refractivity contribution in [3.05, 3.63) is 22.7 Å². The quantitative estimate of drug-likeness (QED) is 0.728. The van der Waals surface area contributed by atoms with Crippen molar-refractivity contribution in [2.75, 3.05) is 11.9 Å². The minimum absolute atomic E-state index is 0.114. The Balaban J connectivity index is 2.47. The summed E-state index contributed by atoms with van der Waals surface area (Å²) >= 11 is 6.01. The van der Waals surface area contributed by atoms with Crippen LogP contribution in [0.5, 0.6) is 5.75 Å². The van der Waals surface area contributed by atoms with Crippen molar-refractivity contribution in [2.24, 2.45) is 0 Å². The summed E-state index contributed by atoms with van der Waals surface area (Å²) in [5, 5.41) is 4.10. The predicted octanol–water partition coefficient (Wildman–Crippen LogP) is 3.62. The van der Waals surface area contributed by atoms with E-state index in [2.05, 4.69) is 19.2 Å². The van der Waals surface area contributed by atoms with Crippen LogP contribution >= 0.6 is 11.6 Å². The molecule has 0 fully saturated rings. The number of hydrogen-bond acceptors (Lipinski definition) is 2. The van der Waals surface area contributed by atoms with Gasteiger partial charge in [-0.2, -0.15) is 0 Å². The maximum Gasteiger partial charge on any atom is 0.146 e. The number of aryl methyl sites for hydroxylation is 1. The third-order valence-corrected chi connectivity index (χ3v) is 2.88. The Bertz CT molecular complexity index is 387. The molecule has 0 saturated carbocycles. The van der Waals surface area contributed by atoms with Gasteiger partial charge in [-0.15, -0.1) is 0 Å². The second kappa shape index (κ2) is 3.60. The van der Waals surface area contributed by atoms with E-state index in [1.54, 1.807) is 0 Å². The zero-order valence-corrected chi connectivity index (χ0v) is 10.1. The normalized spacial score (nSPS) is 18.4. The lowest BCUT2D eigenvalue weighted by atomic mass is 10.1. The number of anilines is 1. The number of ether oxygens (including phenoxy) is 1. The molecule has 1 aliphatic heterocycles. The molecule has 82 valence electrons. The van der Waals surface area contributed by atoms with E-state index in [9.17, 15) is 0 Å². The van der Waals surface area contributed by atoms with Gasteiger partial charge in [0.1, 0.15) is 11.4 Å². The van der Waals surface area contributed by atoms with Crippen molar-refractivity contribution in [2.45, 2.75) is 32.8 Å². The molecule has 0 aliphatic carbocycles. The van der Waals surface area contributed by atoms with Gasteiger partial charge in [-0.3, -0.25) is 0 Å². The van der Waals surface area contributed by atoms with Gasteiger partial charge in [-0.05, 0) is 38.5 Å². The highest BCUT2D eigenvalue weighted by Gasteiger charge is 2.25. The Kier molecular flexibility index (Phi) is 2.55. The maximum absolute atomic E-state index is 6.01. The molecular formula is C12H16ClNO. The van der Waals surface area contributed by atoms with Crippen molar-refractivity contribution >= 4 is 17.3 Å². The van der Waals surface area contributed by atoms with Crippen LogP contribution in [0.1, 0.15) is 25.8 Å². The van der Waals surface area contributed by atoms with E-state index in [0.29, 0.717) is 0 Å². The van der Waals surface area contributed by atoms with Crippen molar-refractivity contribution in [3.63, 3.8) is 0 Å². The second-order valence-corrected chi connectivity index (χ2v) is 5.07. The molecule has 0 amide bonds. The number of hydrogen-bond donors (Lipinski definition) is 1. The molecule has 1 N–H and O–H groups in total. The Morgan fingerprint density at radius 2 is 2.13 bits per heavy atom. The smallest absolute Gasteiger partial charge is 0.146 e. The summed E-state index contributed by atoms with van der Waals surface area (Å²) < 4.78 is 6.01. The van der Waals surface area contributed by atoms with Crippen molar-refractivity contribution in [1.82, 2.24) is 0 Å². The van der Waals surface area contributed by atoms with E-state index in [-0.39, 0.29) is 5.60 Å². The Morgan fingerprint density at radius 3 is 2.87 bits per heavy atom. The molecule has 0 unspecified atom stereocenters. The molecular weight excluding hydrogens is 210 g/mol. The van der Waals surface area contributed by atoms with Crippen molar-refractivity contribution in [1.29, 1.82) is 0 Å². The Labute approximate surface area is 95.6 Å². The van der Waals surface area contributed by atoms with Gasteiger partial charge in [-0.1, -0.05) is 11.6 Å². The summed E-state index contributed by atoms with van der Waals surface area (Å²) in [6, 6.07) is 3.86. The van der Waals surface area contributed by atoms with Crippen LogP contribution < -0.4 is 10.1 Å². The van der Waals surface area contributed by atoms with Crippen molar-refractivity contribution in [3.8, 4) is 5.75 Å². The van der Waals surface area contributed by atoms with Gasteiger partial charge in [0.25, 0.3) is 0 Å². The molecule has 0 bridgehead atoms. The van der Waals surface area contributed by atoms with Gasteiger partial charge in [0.15, 0.2) is 0 Å². The first-order valence-electron chi connectivity index (χ1n) is 5.21. The fourth-order valence-electron chi connectivity index (χ4n) is 1.82. The van der Waals surface area contributed by atoms with Gasteiger partial charge in [0, 0.05) is 18.0 Å². The van der Waals surface area contributed by atoms with E-state index in [0.717, 1.165) is 35.0 Å². The molecule has 0 aromatic heterocycles. The van der Waals surface area contributed by atoms with E-state index in [1.807, 2.05) is 19.1 Å². The molecule has 0 atom stereocenters. The van der Waals surface area contributed by atoms with Crippen LogP contribution in [0.15, 0.2) is 12.1 Å². The van der Waals surface area contributed by atoms with Gasteiger partial charge in [0.2, 0.25) is 0 Å². The average Bonchev–Trinajstić information content (AvgIpc) is 2.23. The summed E-state index contributed by atoms with van der Waals surface area (Å²) in [6.45, 7) is 7.16. The largest absolute Gasteiger partial charge is 0.485 e. The van der Waals surface area contributed by atoms with Gasteiger partial charge < -0.3 is 10.1 Å². The highest BCUT2D eigenvalue weighted by Crippen LogP contribution is 2.37. The maximum atomic E-state index is 6.01. The minimum atomic E-state index is -0.114. The van der Waals surface area contributed by atoms with Crippen LogP contribution in [0.3, 0.4) is 0 Å². The summed E-state index contributed by atoms with van der Waals surface area (Å²) in [5.74, 6) is 0.932. The minimum Gasteiger partial charge on any atom is -0.485 e. The van der Waals surface area contributed by atoms with Crippen LogP contribution in [-0.4, -0.2) is 12.1 Å². The summed E-state index contributed by atoms with van der Waals surface area (Å²) in [4.78, 5) is 0. The molecule has 15 heavy (non-hydrogen) atoms. The first-order chi connectivity index (χ1) is 6.98. The molecule has 0 saturated heterocycles. The van der Waals surface area contributed by atoms with Crippen LogP contribution in [0.25, 0.3) is 0 Å². The lowest BCUT2D eigenvalue weighted by Gasteiger charge is -2.25. The Hall–Kier alpha value is -0.890. The highest BCUT2D eigenvalue weighted by molar-refractivity contribution is 6.31. The first kappa shape index (κ1) is 10.6. The summed E-state index contributed by atoms with van der Waals surface area (Å²) in [7, 11) is 0. The molecule has 3 heteroatoms. The Morgan fingerprint density at radius 1 is 1.40 bits per heavy atom. The topological polar surface area (TPSA) is 21.3 Å². The van der Waals surface area contributed by atoms with Gasteiger partial charge >= 0.3 is 0 Å². The lowest BCUT2D eigenvalue weighted by Crippen LogP contribution is -2.28. The molecule has 1 aromatic rings. The van der Waals surface area contributed by atoms with Crippen LogP contribution in [0.4, 0.5) is 5.69 Å². The lowest BCUT2D eigenvalue weighted by molar-refractivity contribution is 0.108. The van der Waals surface area contributed by atoms with Gasteiger partial charge in [0.05, 0.1) is 5.69 Å². The highest BCUT2D eigenvalue weighted by atomic mass is 35.5. The van der Waals surface area contributed by atoms with E-state index in [4.69, 9.17) is 16.3 Å². The second-order valence-electron chi connectivity index (χ2n) is 4.64. The molecule has 0 spiro atoms. The van der Waals surface area contributed by atoms with Crippen LogP contribution in [-0.2, 0) is 0 Å². The molecule has 0 radical (unpaired) electrons. The number of nitrogens with one attached hydrogen (secondary N) is 1. The van der Waals surface area contributed by atoms with Gasteiger partial charge in [-0.25, -0.2) is 0 Å². The zero-order chi connectivity index (χ0) is 11.1. The van der Waals surface area contributed by atoms with E-state index in [1.165, 1.54) is 0 Å². The fraction of sp³-hybridized carbons (Fsp3) is 0.500. The monoisotopic (exact) mass is 225 g/mol. The predicted molar refractivity (Wildman–Crippen MR) is 64.0 cm³/mol. The average molecular weight is 226 g/mol. The molecule has 1 aromatic carbocycles. The molecule has 1 aliphatic rings. The molecule has 2 nitrogen and oxygen atoms in total. The standard InChI is InChI=1S/C12H16ClNO/c1-8-6-9(13)7-10-11(8)15-12(2,3)4-5-14-10/h6-7,14H,4-5H2,1-3H3. The summed E-state index contributed by atoms with van der Waals surface area (Å²) in [5.41, 5.74) is 1.97. The number of fused-ring (bicyclic) bond motifs is 1. The first-order valence-corrected chi connectivity index (χ1v) is 5.59. The third kappa shape index (κ3) is 2.20. The number of rotatable bonds is 0. The van der Waals surface area contributed by atoms with Crippen LogP contribution in [0.2, 0.25) is 5.02 Å². The summed E-state index contributed by atoms with van der Waals surface area (Å²) in [6.07, 6.45) is 0.985.